The number of alkyl carbamates (subject to hydrolysis) is 1. The third kappa shape index (κ3) is 7.80. The first-order valence-electron chi connectivity index (χ1n) is 17.5. The molecule has 6 rings (SSSR count). The van der Waals surface area contributed by atoms with Crippen LogP contribution in [0.2, 0.25) is 0 Å². The van der Waals surface area contributed by atoms with Crippen LogP contribution in [0.5, 0.6) is 0 Å². The van der Waals surface area contributed by atoms with E-state index < -0.39 is 5.60 Å². The maximum atomic E-state index is 13.5. The number of hydrogen-bond donors (Lipinski definition) is 2. The number of piperazine rings is 1. The number of Topliss-reactive ketones (excluding diaryl/α,β-unsaturated/α-hetero) is 1. The standard InChI is InChI=1S/C36H50N8O4/c1-23-29-22-38-34(41-32(29)44(27-8-6-7-9-27)33(46)31(23)24(2)45)40-30-11-10-28(21-37-30)43-16-14-42(15-17-43)13-12-25-18-26(19-25)20-39-35(47)48-36(3,4)5/h10-11,21-22,25-27H,6-9,12-20H2,1-5H3,(H,39,47)(H,37,38,40,41). The fourth-order valence-corrected chi connectivity index (χ4v) is 7.48. The van der Waals surface area contributed by atoms with Crippen molar-refractivity contribution < 1.29 is 14.3 Å². The molecule has 1 amide bonds. The Bertz CT molecular complexity index is 1680. The topological polar surface area (TPSA) is 135 Å². The molecule has 3 aromatic rings. The second-order valence-corrected chi connectivity index (χ2v) is 14.8. The molecule has 48 heavy (non-hydrogen) atoms. The van der Waals surface area contributed by atoms with Gasteiger partial charge in [-0.15, -0.1) is 0 Å². The summed E-state index contributed by atoms with van der Waals surface area (Å²) in [6.07, 6.45) is 10.7. The highest BCUT2D eigenvalue weighted by molar-refractivity contribution is 5.99. The fourth-order valence-electron chi connectivity index (χ4n) is 7.48. The second kappa shape index (κ2) is 14.2. The number of hydrogen-bond acceptors (Lipinski definition) is 10. The van der Waals surface area contributed by atoms with Crippen molar-refractivity contribution in [1.29, 1.82) is 0 Å². The molecule has 4 heterocycles. The number of ketones is 1. The van der Waals surface area contributed by atoms with Crippen molar-refractivity contribution in [3.05, 3.63) is 46.0 Å². The van der Waals surface area contributed by atoms with E-state index in [-0.39, 0.29) is 29.0 Å². The van der Waals surface area contributed by atoms with Crippen LogP contribution in [0, 0.1) is 18.8 Å². The van der Waals surface area contributed by atoms with Crippen molar-refractivity contribution in [2.24, 2.45) is 11.8 Å². The molecule has 1 aliphatic heterocycles. The van der Waals surface area contributed by atoms with Crippen molar-refractivity contribution in [2.75, 3.05) is 49.5 Å². The molecule has 3 fully saturated rings. The first-order valence-corrected chi connectivity index (χ1v) is 17.5. The first-order chi connectivity index (χ1) is 22.9. The van der Waals surface area contributed by atoms with Gasteiger partial charge in [0.25, 0.3) is 5.56 Å². The van der Waals surface area contributed by atoms with Gasteiger partial charge >= 0.3 is 6.09 Å². The Hall–Kier alpha value is -4.06. The summed E-state index contributed by atoms with van der Waals surface area (Å²) in [5, 5.41) is 6.86. The van der Waals surface area contributed by atoms with Gasteiger partial charge in [0.05, 0.1) is 17.4 Å². The molecular formula is C36H50N8O4. The third-order valence-electron chi connectivity index (χ3n) is 10.1. The van der Waals surface area contributed by atoms with Crippen molar-refractivity contribution in [2.45, 2.75) is 91.2 Å². The van der Waals surface area contributed by atoms with Gasteiger partial charge in [-0.05, 0) is 103 Å². The summed E-state index contributed by atoms with van der Waals surface area (Å²) >= 11 is 0. The molecular weight excluding hydrogens is 608 g/mol. The molecule has 1 saturated heterocycles. The number of carbonyl (C=O) groups excluding carboxylic acids is 2. The lowest BCUT2D eigenvalue weighted by Gasteiger charge is -2.39. The normalized spacial score (nSPS) is 20.5. The number of amides is 1. The Balaban J connectivity index is 0.993. The molecule has 0 atom stereocenters. The Morgan fingerprint density at radius 3 is 2.38 bits per heavy atom. The quantitative estimate of drug-likeness (QED) is 0.264. The Kier molecular flexibility index (Phi) is 10.0. The van der Waals surface area contributed by atoms with Crippen LogP contribution >= 0.6 is 0 Å². The van der Waals surface area contributed by atoms with Crippen LogP contribution in [-0.4, -0.2) is 81.2 Å². The number of carbonyl (C=O) groups is 2. The summed E-state index contributed by atoms with van der Waals surface area (Å²) in [6.45, 7) is 14.7. The predicted molar refractivity (Wildman–Crippen MR) is 187 cm³/mol. The van der Waals surface area contributed by atoms with E-state index in [1.165, 1.54) is 26.2 Å². The number of nitrogens with zero attached hydrogens (tertiary/aromatic N) is 6. The van der Waals surface area contributed by atoms with Crippen LogP contribution in [0.15, 0.2) is 29.3 Å². The van der Waals surface area contributed by atoms with Crippen molar-refractivity contribution in [3.8, 4) is 0 Å². The highest BCUT2D eigenvalue weighted by Crippen LogP contribution is 2.36. The van der Waals surface area contributed by atoms with Crippen LogP contribution in [0.4, 0.5) is 22.2 Å². The second-order valence-electron chi connectivity index (χ2n) is 14.8. The van der Waals surface area contributed by atoms with Crippen LogP contribution in [0.3, 0.4) is 0 Å². The minimum absolute atomic E-state index is 0.0321. The summed E-state index contributed by atoms with van der Waals surface area (Å²) in [6, 6.07) is 4.04. The Labute approximate surface area is 282 Å². The number of anilines is 3. The molecule has 0 spiro atoms. The van der Waals surface area contributed by atoms with Gasteiger partial charge in [-0.1, -0.05) is 12.8 Å². The summed E-state index contributed by atoms with van der Waals surface area (Å²) < 4.78 is 7.06. The number of rotatable bonds is 10. The molecule has 0 aromatic carbocycles. The minimum Gasteiger partial charge on any atom is -0.444 e. The number of nitrogens with one attached hydrogen (secondary N) is 2. The lowest BCUT2D eigenvalue weighted by molar-refractivity contribution is 0.0493. The van der Waals surface area contributed by atoms with Gasteiger partial charge in [0.2, 0.25) is 5.95 Å². The summed E-state index contributed by atoms with van der Waals surface area (Å²) in [7, 11) is 0. The Morgan fingerprint density at radius 1 is 1.00 bits per heavy atom. The summed E-state index contributed by atoms with van der Waals surface area (Å²) in [5.74, 6) is 2.06. The molecule has 2 saturated carbocycles. The van der Waals surface area contributed by atoms with E-state index in [1.807, 2.05) is 33.0 Å². The number of aryl methyl sites for hydroxylation is 1. The number of fused-ring (bicyclic) bond motifs is 1. The van der Waals surface area contributed by atoms with E-state index in [1.54, 1.807) is 17.7 Å². The monoisotopic (exact) mass is 658 g/mol. The summed E-state index contributed by atoms with van der Waals surface area (Å²) in [5.41, 5.74) is 1.79. The van der Waals surface area contributed by atoms with Gasteiger partial charge in [-0.3, -0.25) is 19.1 Å². The van der Waals surface area contributed by atoms with E-state index in [0.29, 0.717) is 35.4 Å². The first kappa shape index (κ1) is 33.8. The van der Waals surface area contributed by atoms with Crippen molar-refractivity contribution >= 4 is 40.4 Å². The molecule has 2 N–H and O–H groups in total. The third-order valence-corrected chi connectivity index (χ3v) is 10.1. The predicted octanol–water partition coefficient (Wildman–Crippen LogP) is 5.62. The molecule has 258 valence electrons. The van der Waals surface area contributed by atoms with Crippen LogP contribution in [-0.2, 0) is 4.74 Å². The van der Waals surface area contributed by atoms with Crippen LogP contribution in [0.25, 0.3) is 11.0 Å². The van der Waals surface area contributed by atoms with Crippen LogP contribution < -0.4 is 21.1 Å². The van der Waals surface area contributed by atoms with Gasteiger partial charge in [-0.2, -0.15) is 4.98 Å². The van der Waals surface area contributed by atoms with E-state index in [2.05, 4.69) is 36.5 Å². The number of ether oxygens (including phenoxy) is 1. The molecule has 0 radical (unpaired) electrons. The van der Waals surface area contributed by atoms with E-state index in [9.17, 15) is 14.4 Å². The average molecular weight is 659 g/mol. The lowest BCUT2D eigenvalue weighted by atomic mass is 9.73. The van der Waals surface area contributed by atoms with Crippen molar-refractivity contribution in [3.63, 3.8) is 0 Å². The lowest BCUT2D eigenvalue weighted by Crippen LogP contribution is -2.47. The molecule has 3 aromatic heterocycles. The molecule has 0 unspecified atom stereocenters. The average Bonchev–Trinajstić information content (AvgIpc) is 3.54. The SMILES string of the molecule is CC(=O)c1c(C)c2cnc(Nc3ccc(N4CCN(CCC5CC(CNC(=O)OC(C)(C)C)C5)CC4)cn3)nc2n(C2CCCC2)c1=O. The summed E-state index contributed by atoms with van der Waals surface area (Å²) in [4.78, 5) is 56.7. The van der Waals surface area contributed by atoms with Gasteiger partial charge in [0.1, 0.15) is 17.1 Å². The largest absolute Gasteiger partial charge is 0.444 e. The maximum Gasteiger partial charge on any atom is 0.407 e. The van der Waals surface area contributed by atoms with E-state index >= 15 is 0 Å². The van der Waals surface area contributed by atoms with E-state index in [4.69, 9.17) is 9.72 Å². The van der Waals surface area contributed by atoms with Gasteiger partial charge in [0.15, 0.2) is 5.78 Å². The molecule has 0 bridgehead atoms. The number of pyridine rings is 2. The highest BCUT2D eigenvalue weighted by atomic mass is 16.6. The molecule has 12 nitrogen and oxygen atoms in total. The number of aromatic nitrogens is 4. The molecule has 12 heteroatoms. The smallest absolute Gasteiger partial charge is 0.407 e. The highest BCUT2D eigenvalue weighted by Gasteiger charge is 2.31. The van der Waals surface area contributed by atoms with Crippen molar-refractivity contribution in [1.82, 2.24) is 29.7 Å². The molecule has 2 aliphatic carbocycles. The molecule has 3 aliphatic rings. The zero-order chi connectivity index (χ0) is 34.0. The van der Waals surface area contributed by atoms with Gasteiger partial charge in [0, 0.05) is 50.3 Å². The zero-order valence-electron chi connectivity index (χ0n) is 29.1. The Morgan fingerprint density at radius 2 is 1.73 bits per heavy atom. The van der Waals surface area contributed by atoms with Gasteiger partial charge in [-0.25, -0.2) is 14.8 Å². The zero-order valence-corrected chi connectivity index (χ0v) is 29.1. The van der Waals surface area contributed by atoms with E-state index in [0.717, 1.165) is 75.4 Å². The van der Waals surface area contributed by atoms with Gasteiger partial charge < -0.3 is 20.3 Å². The fraction of sp³-hybridized carbons (Fsp3) is 0.611. The van der Waals surface area contributed by atoms with Crippen LogP contribution in [0.1, 0.15) is 94.6 Å². The maximum absolute atomic E-state index is 13.5. The minimum atomic E-state index is -0.463.